The van der Waals surface area contributed by atoms with Gasteiger partial charge in [-0.05, 0) is 35.9 Å². The predicted octanol–water partition coefficient (Wildman–Crippen LogP) is 3.25. The van der Waals surface area contributed by atoms with Crippen LogP contribution in [0.15, 0.2) is 82.8 Å². The maximum Gasteiger partial charge on any atom is 0.288 e. The number of nitrogens with two attached hydrogens (primary N) is 1. The van der Waals surface area contributed by atoms with Crippen LogP contribution in [0.25, 0.3) is 22.0 Å². The lowest BCUT2D eigenvalue weighted by atomic mass is 10.0. The molecule has 1 amide bonds. The molecule has 8 nitrogen and oxygen atoms in total. The number of fused-ring (bicyclic) bond motifs is 1. The van der Waals surface area contributed by atoms with Gasteiger partial charge in [-0.1, -0.05) is 42.5 Å². The number of amides is 1. The number of ether oxygens (including phenoxy) is 1. The van der Waals surface area contributed by atoms with Gasteiger partial charge >= 0.3 is 0 Å². The molecule has 3 aromatic carbocycles. The molecule has 0 bridgehead atoms. The number of carbonyl (C=O) groups is 1. The van der Waals surface area contributed by atoms with Gasteiger partial charge in [0, 0.05) is 22.0 Å². The van der Waals surface area contributed by atoms with Crippen LogP contribution in [0.1, 0.15) is 16.1 Å². The fourth-order valence-electron chi connectivity index (χ4n) is 3.41. The molecule has 0 saturated heterocycles. The number of rotatable bonds is 6. The highest BCUT2D eigenvalue weighted by Gasteiger charge is 2.21. The molecule has 4 rings (SSSR count). The van der Waals surface area contributed by atoms with Gasteiger partial charge in [0.2, 0.25) is 10.0 Å². The Bertz CT molecular complexity index is 1430. The van der Waals surface area contributed by atoms with Crippen molar-refractivity contribution in [2.45, 2.75) is 4.90 Å². The normalized spacial score (nSPS) is 11.7. The zero-order chi connectivity index (χ0) is 22.7. The first-order valence-corrected chi connectivity index (χ1v) is 11.1. The quantitative estimate of drug-likeness (QED) is 0.309. The molecule has 0 atom stereocenters. The lowest BCUT2D eigenvalue weighted by Crippen LogP contribution is -2.19. The summed E-state index contributed by atoms with van der Waals surface area (Å²) < 4.78 is 29.0. The van der Waals surface area contributed by atoms with Crippen molar-refractivity contribution in [1.82, 2.24) is 10.4 Å². The Hall–Kier alpha value is -3.95. The Morgan fingerprint density at radius 3 is 2.50 bits per heavy atom. The maximum absolute atomic E-state index is 13.0. The largest absolute Gasteiger partial charge is 0.496 e. The number of aromatic amines is 1. The van der Waals surface area contributed by atoms with Crippen molar-refractivity contribution in [3.05, 3.63) is 84.1 Å². The van der Waals surface area contributed by atoms with E-state index in [9.17, 15) is 13.2 Å². The average molecular weight is 449 g/mol. The molecule has 0 spiro atoms. The van der Waals surface area contributed by atoms with Gasteiger partial charge in [-0.3, -0.25) is 4.79 Å². The minimum atomic E-state index is -3.91. The molecule has 0 aliphatic carbocycles. The first-order valence-electron chi connectivity index (χ1n) is 9.59. The third-order valence-corrected chi connectivity index (χ3v) is 5.81. The molecule has 0 aliphatic rings. The number of carbonyl (C=O) groups excluding carboxylic acids is 1. The van der Waals surface area contributed by atoms with E-state index in [1.165, 1.54) is 18.3 Å². The summed E-state index contributed by atoms with van der Waals surface area (Å²) in [5, 5.41) is 9.91. The molecule has 0 fully saturated rings. The van der Waals surface area contributed by atoms with Crippen LogP contribution in [0.4, 0.5) is 0 Å². The number of primary sulfonamides is 1. The molecule has 0 radical (unpaired) electrons. The van der Waals surface area contributed by atoms with Crippen LogP contribution in [0.2, 0.25) is 0 Å². The fourth-order valence-corrected chi connectivity index (χ4v) is 3.95. The lowest BCUT2D eigenvalue weighted by Gasteiger charge is -2.06. The molecule has 32 heavy (non-hydrogen) atoms. The van der Waals surface area contributed by atoms with Crippen molar-refractivity contribution >= 4 is 33.0 Å². The second-order valence-electron chi connectivity index (χ2n) is 6.93. The smallest absolute Gasteiger partial charge is 0.288 e. The molecule has 1 heterocycles. The number of hydrogen-bond acceptors (Lipinski definition) is 5. The van der Waals surface area contributed by atoms with Crippen molar-refractivity contribution in [2.75, 3.05) is 7.11 Å². The number of nitrogens with zero attached hydrogens (tertiary/aromatic N) is 1. The SMILES string of the molecule is COc1ccccc1/C=N/NC(=O)c1[nH]c2ccc(S(N)(=O)=O)cc2c1-c1ccccc1. The number of methoxy groups -OCH3 is 1. The second-order valence-corrected chi connectivity index (χ2v) is 8.50. The summed E-state index contributed by atoms with van der Waals surface area (Å²) in [6.07, 6.45) is 1.49. The fraction of sp³-hybridized carbons (Fsp3) is 0.0435. The van der Waals surface area contributed by atoms with Crippen molar-refractivity contribution in [3.63, 3.8) is 0 Å². The molecule has 0 unspecified atom stereocenters. The number of nitrogens with one attached hydrogen (secondary N) is 2. The predicted molar refractivity (Wildman–Crippen MR) is 123 cm³/mol. The van der Waals surface area contributed by atoms with Gasteiger partial charge in [0.25, 0.3) is 5.91 Å². The van der Waals surface area contributed by atoms with Crippen LogP contribution < -0.4 is 15.3 Å². The van der Waals surface area contributed by atoms with Gasteiger partial charge in [-0.25, -0.2) is 19.0 Å². The molecule has 0 saturated carbocycles. The Morgan fingerprint density at radius 2 is 1.78 bits per heavy atom. The van der Waals surface area contributed by atoms with Crippen molar-refractivity contribution < 1.29 is 17.9 Å². The molecule has 162 valence electrons. The molecule has 4 aromatic rings. The van der Waals surface area contributed by atoms with E-state index in [-0.39, 0.29) is 10.6 Å². The van der Waals surface area contributed by atoms with Crippen LogP contribution in [-0.2, 0) is 10.0 Å². The van der Waals surface area contributed by atoms with Crippen LogP contribution in [0.5, 0.6) is 5.75 Å². The third-order valence-electron chi connectivity index (χ3n) is 4.90. The minimum Gasteiger partial charge on any atom is -0.496 e. The monoisotopic (exact) mass is 448 g/mol. The van der Waals surface area contributed by atoms with Crippen molar-refractivity contribution in [2.24, 2.45) is 10.2 Å². The van der Waals surface area contributed by atoms with E-state index in [0.717, 1.165) is 5.56 Å². The highest BCUT2D eigenvalue weighted by atomic mass is 32.2. The summed E-state index contributed by atoms with van der Waals surface area (Å²) >= 11 is 0. The number of benzene rings is 3. The van der Waals surface area contributed by atoms with Gasteiger partial charge in [0.1, 0.15) is 11.4 Å². The Kier molecular flexibility index (Phi) is 5.76. The number of sulfonamides is 1. The zero-order valence-corrected chi connectivity index (χ0v) is 17.9. The third kappa shape index (κ3) is 4.25. The van der Waals surface area contributed by atoms with Crippen LogP contribution >= 0.6 is 0 Å². The topological polar surface area (TPSA) is 127 Å². The standard InChI is InChI=1S/C23H20N4O4S/c1-31-20-10-6-5-9-16(20)14-25-27-23(28)22-21(15-7-3-2-4-8-15)18-13-17(32(24,29)30)11-12-19(18)26-22/h2-14,26H,1H3,(H,27,28)(H2,24,29,30)/b25-14+. The van der Waals surface area contributed by atoms with Crippen LogP contribution in [-0.4, -0.2) is 32.6 Å². The van der Waals surface area contributed by atoms with E-state index in [0.29, 0.717) is 27.8 Å². The number of hydrazone groups is 1. The molecule has 4 N–H and O–H groups in total. The van der Waals surface area contributed by atoms with Gasteiger partial charge in [-0.15, -0.1) is 0 Å². The van der Waals surface area contributed by atoms with Crippen LogP contribution in [0.3, 0.4) is 0 Å². The summed E-state index contributed by atoms with van der Waals surface area (Å²) in [7, 11) is -2.35. The van der Waals surface area contributed by atoms with E-state index >= 15 is 0 Å². The average Bonchev–Trinajstić information content (AvgIpc) is 3.18. The number of para-hydroxylation sites is 1. The number of hydrogen-bond donors (Lipinski definition) is 3. The van der Waals surface area contributed by atoms with Crippen molar-refractivity contribution in [1.29, 1.82) is 0 Å². The highest BCUT2D eigenvalue weighted by molar-refractivity contribution is 7.89. The number of H-pyrrole nitrogens is 1. The maximum atomic E-state index is 13.0. The molecular weight excluding hydrogens is 428 g/mol. The lowest BCUT2D eigenvalue weighted by molar-refractivity contribution is 0.0951. The molecule has 0 aliphatic heterocycles. The van der Waals surface area contributed by atoms with Gasteiger partial charge < -0.3 is 9.72 Å². The van der Waals surface area contributed by atoms with E-state index in [4.69, 9.17) is 9.88 Å². The first kappa shape index (κ1) is 21.3. The molecular formula is C23H20N4O4S. The van der Waals surface area contributed by atoms with Crippen molar-refractivity contribution in [3.8, 4) is 16.9 Å². The van der Waals surface area contributed by atoms with E-state index in [2.05, 4.69) is 15.5 Å². The van der Waals surface area contributed by atoms with Crippen LogP contribution in [0, 0.1) is 0 Å². The van der Waals surface area contributed by atoms with Gasteiger partial charge in [-0.2, -0.15) is 5.10 Å². The van der Waals surface area contributed by atoms with E-state index < -0.39 is 15.9 Å². The summed E-state index contributed by atoms with van der Waals surface area (Å²) in [6, 6.07) is 20.9. The van der Waals surface area contributed by atoms with E-state index in [1.807, 2.05) is 48.5 Å². The Balaban J connectivity index is 1.76. The van der Waals surface area contributed by atoms with E-state index in [1.54, 1.807) is 19.2 Å². The number of aromatic nitrogens is 1. The Morgan fingerprint density at radius 1 is 1.06 bits per heavy atom. The Labute approximate surface area is 184 Å². The summed E-state index contributed by atoms with van der Waals surface area (Å²) in [6.45, 7) is 0. The van der Waals surface area contributed by atoms with Gasteiger partial charge in [0.15, 0.2) is 0 Å². The highest BCUT2D eigenvalue weighted by Crippen LogP contribution is 2.33. The van der Waals surface area contributed by atoms with Gasteiger partial charge in [0.05, 0.1) is 18.2 Å². The molecule has 9 heteroatoms. The zero-order valence-electron chi connectivity index (χ0n) is 17.1. The minimum absolute atomic E-state index is 0.0395. The first-order chi connectivity index (χ1) is 15.4. The molecule has 1 aromatic heterocycles. The summed E-state index contributed by atoms with van der Waals surface area (Å²) in [5.41, 5.74) is 5.35. The second kappa shape index (κ2) is 8.66. The summed E-state index contributed by atoms with van der Waals surface area (Å²) in [5.74, 6) is 0.139. The summed E-state index contributed by atoms with van der Waals surface area (Å²) in [4.78, 5) is 16.0.